The Labute approximate surface area is 162 Å². The molecule has 0 spiro atoms. The molecular weight excluding hydrogens is 396 g/mol. The van der Waals surface area contributed by atoms with Gasteiger partial charge in [-0.3, -0.25) is 19.3 Å². The van der Waals surface area contributed by atoms with Gasteiger partial charge in [-0.2, -0.15) is 0 Å². The van der Waals surface area contributed by atoms with Crippen LogP contribution in [0.5, 0.6) is 0 Å². The van der Waals surface area contributed by atoms with Crippen LogP contribution in [-0.2, 0) is 14.4 Å². The van der Waals surface area contributed by atoms with Gasteiger partial charge in [-0.25, -0.2) is 0 Å². The number of nitrogens with zero attached hydrogens (tertiary/aromatic N) is 1. The molecule has 140 valence electrons. The predicted molar refractivity (Wildman–Crippen MR) is 103 cm³/mol. The number of carbonyl (C=O) groups excluding carboxylic acids is 3. The van der Waals surface area contributed by atoms with Gasteiger partial charge in [0.1, 0.15) is 0 Å². The Kier molecular flexibility index (Phi) is 4.76. The fraction of sp³-hybridized carbons (Fsp3) is 0.550. The highest BCUT2D eigenvalue weighted by Crippen LogP contribution is 2.60. The standard InChI is InChI=1S/C20H25BrN2O3/c1-12-5-6-15(14(21)11-12)22-16(24)8-10-23-17(25)13-7-9-20(4,18(23)26)19(13,2)3/h5-6,11,13H,7-10H2,1-4H3,(H,22,24). The lowest BCUT2D eigenvalue weighted by Crippen LogP contribution is -2.59. The van der Waals surface area contributed by atoms with E-state index in [0.29, 0.717) is 5.69 Å². The summed E-state index contributed by atoms with van der Waals surface area (Å²) in [6.45, 7) is 8.09. The molecule has 2 fully saturated rings. The Morgan fingerprint density at radius 1 is 1.31 bits per heavy atom. The number of carbonyl (C=O) groups is 3. The van der Waals surface area contributed by atoms with Crippen LogP contribution in [0.15, 0.2) is 22.7 Å². The Bertz CT molecular complexity index is 789. The Morgan fingerprint density at radius 2 is 2.00 bits per heavy atom. The molecule has 5 nitrogen and oxygen atoms in total. The highest BCUT2D eigenvalue weighted by atomic mass is 79.9. The lowest BCUT2D eigenvalue weighted by atomic mass is 9.62. The molecule has 3 amide bonds. The van der Waals surface area contributed by atoms with E-state index in [0.717, 1.165) is 22.9 Å². The van der Waals surface area contributed by atoms with Crippen molar-refractivity contribution in [2.75, 3.05) is 11.9 Å². The number of hydrogen-bond donors (Lipinski definition) is 1. The van der Waals surface area contributed by atoms with Gasteiger partial charge in [-0.05, 0) is 58.8 Å². The number of piperidine rings is 1. The maximum absolute atomic E-state index is 13.0. The molecule has 2 bridgehead atoms. The molecule has 3 rings (SSSR count). The lowest BCUT2D eigenvalue weighted by Gasteiger charge is -2.47. The SMILES string of the molecule is Cc1ccc(NC(=O)CCN2C(=O)C3CCC(C)(C2=O)C3(C)C)c(Br)c1. The number of imide groups is 1. The van der Waals surface area contributed by atoms with Crippen LogP contribution in [0.1, 0.15) is 45.6 Å². The fourth-order valence-electron chi connectivity index (χ4n) is 4.26. The van der Waals surface area contributed by atoms with Crippen molar-refractivity contribution in [2.24, 2.45) is 16.7 Å². The number of hydrogen-bond acceptors (Lipinski definition) is 3. The van der Waals surface area contributed by atoms with Crippen LogP contribution >= 0.6 is 15.9 Å². The molecule has 0 aromatic heterocycles. The highest BCUT2D eigenvalue weighted by Gasteiger charge is 2.64. The van der Waals surface area contributed by atoms with Gasteiger partial charge < -0.3 is 5.32 Å². The van der Waals surface area contributed by atoms with Crippen LogP contribution in [0, 0.1) is 23.7 Å². The van der Waals surface area contributed by atoms with Crippen LogP contribution in [-0.4, -0.2) is 29.2 Å². The number of aryl methyl sites for hydroxylation is 1. The molecule has 1 saturated carbocycles. The second-order valence-electron chi connectivity index (χ2n) is 8.22. The van der Waals surface area contributed by atoms with E-state index in [9.17, 15) is 14.4 Å². The topological polar surface area (TPSA) is 66.5 Å². The van der Waals surface area contributed by atoms with E-state index in [1.807, 2.05) is 45.9 Å². The maximum Gasteiger partial charge on any atom is 0.235 e. The van der Waals surface area contributed by atoms with E-state index in [4.69, 9.17) is 0 Å². The zero-order valence-corrected chi connectivity index (χ0v) is 17.3. The number of likely N-dealkylation sites (tertiary alicyclic amines) is 1. The molecular formula is C20H25BrN2O3. The van der Waals surface area contributed by atoms with E-state index in [1.54, 1.807) is 0 Å². The third-order valence-electron chi connectivity index (χ3n) is 6.47. The summed E-state index contributed by atoms with van der Waals surface area (Å²) in [7, 11) is 0. The van der Waals surface area contributed by atoms with Gasteiger partial charge in [0, 0.05) is 23.4 Å². The Balaban J connectivity index is 1.67. The third kappa shape index (κ3) is 2.88. The summed E-state index contributed by atoms with van der Waals surface area (Å²) < 4.78 is 0.809. The smallest absolute Gasteiger partial charge is 0.235 e. The Morgan fingerprint density at radius 3 is 2.65 bits per heavy atom. The van der Waals surface area contributed by atoms with Crippen molar-refractivity contribution in [3.8, 4) is 0 Å². The second-order valence-corrected chi connectivity index (χ2v) is 9.08. The molecule has 1 heterocycles. The summed E-state index contributed by atoms with van der Waals surface area (Å²) in [6, 6.07) is 5.67. The zero-order chi connectivity index (χ0) is 19.3. The number of amides is 3. The monoisotopic (exact) mass is 420 g/mol. The predicted octanol–water partition coefficient (Wildman–Crippen LogP) is 3.90. The van der Waals surface area contributed by atoms with Crippen molar-refractivity contribution in [3.63, 3.8) is 0 Å². The summed E-state index contributed by atoms with van der Waals surface area (Å²) in [5.41, 5.74) is 0.921. The van der Waals surface area contributed by atoms with Gasteiger partial charge in [0.25, 0.3) is 0 Å². The minimum atomic E-state index is -0.526. The average molecular weight is 421 g/mol. The van der Waals surface area contributed by atoms with Gasteiger partial charge in [-0.1, -0.05) is 26.8 Å². The molecule has 1 aromatic carbocycles. The van der Waals surface area contributed by atoms with E-state index < -0.39 is 5.41 Å². The van der Waals surface area contributed by atoms with E-state index in [2.05, 4.69) is 21.2 Å². The van der Waals surface area contributed by atoms with Crippen LogP contribution in [0.25, 0.3) is 0 Å². The number of fused-ring (bicyclic) bond motifs is 2. The molecule has 0 radical (unpaired) electrons. The van der Waals surface area contributed by atoms with E-state index >= 15 is 0 Å². The highest BCUT2D eigenvalue weighted by molar-refractivity contribution is 9.10. The minimum Gasteiger partial charge on any atom is -0.325 e. The first-order valence-electron chi connectivity index (χ1n) is 9.00. The van der Waals surface area contributed by atoms with E-state index in [1.165, 1.54) is 4.90 Å². The summed E-state index contributed by atoms with van der Waals surface area (Å²) in [6.07, 6.45) is 1.57. The lowest BCUT2D eigenvalue weighted by molar-refractivity contribution is -0.167. The number of halogens is 1. The second kappa shape index (κ2) is 6.48. The fourth-order valence-corrected chi connectivity index (χ4v) is 4.85. The normalized spacial score (nSPS) is 27.0. The molecule has 2 atom stereocenters. The summed E-state index contributed by atoms with van der Waals surface area (Å²) in [5, 5.41) is 2.84. The van der Waals surface area contributed by atoms with Crippen molar-refractivity contribution in [1.82, 2.24) is 4.90 Å². The molecule has 1 aliphatic heterocycles. The number of anilines is 1. The quantitative estimate of drug-likeness (QED) is 0.750. The van der Waals surface area contributed by atoms with Gasteiger partial charge in [0.05, 0.1) is 11.1 Å². The zero-order valence-electron chi connectivity index (χ0n) is 15.7. The van der Waals surface area contributed by atoms with Gasteiger partial charge in [0.2, 0.25) is 17.7 Å². The molecule has 1 aliphatic carbocycles. The summed E-state index contributed by atoms with van der Waals surface area (Å²) in [4.78, 5) is 39.4. The molecule has 2 aliphatic rings. The minimum absolute atomic E-state index is 0.0982. The summed E-state index contributed by atoms with van der Waals surface area (Å²) in [5.74, 6) is -0.609. The van der Waals surface area contributed by atoms with Crippen molar-refractivity contribution in [1.29, 1.82) is 0 Å². The van der Waals surface area contributed by atoms with E-state index in [-0.39, 0.29) is 42.0 Å². The first-order valence-corrected chi connectivity index (χ1v) is 9.79. The van der Waals surface area contributed by atoms with Gasteiger partial charge in [0.15, 0.2) is 0 Å². The number of rotatable bonds is 4. The molecule has 2 unspecified atom stereocenters. The van der Waals surface area contributed by atoms with Crippen LogP contribution in [0.2, 0.25) is 0 Å². The van der Waals surface area contributed by atoms with Crippen LogP contribution in [0.4, 0.5) is 5.69 Å². The van der Waals surface area contributed by atoms with Crippen molar-refractivity contribution >= 4 is 39.3 Å². The molecule has 6 heteroatoms. The summed E-state index contributed by atoms with van der Waals surface area (Å²) >= 11 is 3.43. The first kappa shape index (κ1) is 19.1. The average Bonchev–Trinajstić information content (AvgIpc) is 2.74. The van der Waals surface area contributed by atoms with Crippen molar-refractivity contribution in [3.05, 3.63) is 28.2 Å². The maximum atomic E-state index is 13.0. The number of nitrogens with one attached hydrogen (secondary N) is 1. The first-order chi connectivity index (χ1) is 12.1. The van der Waals surface area contributed by atoms with Crippen molar-refractivity contribution < 1.29 is 14.4 Å². The molecule has 1 aromatic rings. The van der Waals surface area contributed by atoms with Crippen LogP contribution < -0.4 is 5.32 Å². The third-order valence-corrected chi connectivity index (χ3v) is 7.12. The molecule has 26 heavy (non-hydrogen) atoms. The van der Waals surface area contributed by atoms with Gasteiger partial charge in [-0.15, -0.1) is 0 Å². The largest absolute Gasteiger partial charge is 0.325 e. The molecule has 1 N–H and O–H groups in total. The van der Waals surface area contributed by atoms with Crippen LogP contribution in [0.3, 0.4) is 0 Å². The van der Waals surface area contributed by atoms with Gasteiger partial charge >= 0.3 is 0 Å². The molecule has 1 saturated heterocycles. The Hall–Kier alpha value is -1.69. The number of benzene rings is 1. The van der Waals surface area contributed by atoms with Crippen molar-refractivity contribution in [2.45, 2.75) is 47.0 Å².